The van der Waals surface area contributed by atoms with E-state index in [1.165, 1.54) is 10.6 Å². The number of hydrogen-bond acceptors (Lipinski definition) is 4. The van der Waals surface area contributed by atoms with Gasteiger partial charge in [0, 0.05) is 6.07 Å². The van der Waals surface area contributed by atoms with Crippen molar-refractivity contribution in [2.24, 2.45) is 0 Å². The van der Waals surface area contributed by atoms with E-state index in [9.17, 15) is 9.18 Å². The summed E-state index contributed by atoms with van der Waals surface area (Å²) >= 11 is 5.88. The van der Waals surface area contributed by atoms with E-state index < -0.39 is 22.9 Å². The van der Waals surface area contributed by atoms with Crippen LogP contribution in [-0.2, 0) is 4.74 Å². The molecule has 7 heteroatoms. The Hall–Kier alpha value is -1.69. The molecule has 0 aliphatic heterocycles. The molecule has 0 aliphatic rings. The lowest BCUT2D eigenvalue weighted by atomic mass is 10.2. The molecule has 0 radical (unpaired) electrons. The Morgan fingerprint density at radius 1 is 1.43 bits per heavy atom. The number of carbonyl (C=O) groups excluding carboxylic acids is 1. The smallest absolute Gasteiger partial charge is 0.420 e. The number of carbonyl (C=O) groups is 1. The Bertz CT molecular complexity index is 704. The monoisotopic (exact) mass is 313 g/mol. The zero-order valence-electron chi connectivity index (χ0n) is 12.6. The van der Waals surface area contributed by atoms with Crippen LogP contribution in [-0.4, -0.2) is 26.2 Å². The maximum Gasteiger partial charge on any atom is 0.420 e. The largest absolute Gasteiger partial charge is 0.443 e. The minimum atomic E-state index is -0.656. The molecule has 0 spiro atoms. The molecular weight excluding hydrogens is 297 g/mol. The van der Waals surface area contributed by atoms with E-state index in [4.69, 9.17) is 16.3 Å². The number of fused-ring (bicyclic) bond motifs is 1. The number of pyridine rings is 1. The number of ether oxygens (including phenoxy) is 1. The van der Waals surface area contributed by atoms with Crippen LogP contribution in [0.4, 0.5) is 9.18 Å². The zero-order valence-corrected chi connectivity index (χ0v) is 13.3. The summed E-state index contributed by atoms with van der Waals surface area (Å²) in [5, 5.41) is -0.582. The molecule has 1 atom stereocenters. The molecule has 0 bridgehead atoms. The van der Waals surface area contributed by atoms with Crippen LogP contribution in [0.2, 0.25) is 0 Å². The molecule has 1 unspecified atom stereocenters. The summed E-state index contributed by atoms with van der Waals surface area (Å²) in [6.45, 7) is 8.52. The van der Waals surface area contributed by atoms with Crippen molar-refractivity contribution in [2.75, 3.05) is 0 Å². The molecule has 0 saturated carbocycles. The number of halogens is 2. The third kappa shape index (κ3) is 3.15. The number of alkyl halides is 1. The van der Waals surface area contributed by atoms with E-state index in [1.807, 2.05) is 0 Å². The lowest BCUT2D eigenvalue weighted by molar-refractivity contribution is 0.0540. The second-order valence-corrected chi connectivity index (χ2v) is 6.44. The van der Waals surface area contributed by atoms with Crippen molar-refractivity contribution in [1.29, 1.82) is 0 Å². The molecular formula is C14H17ClFN3O2. The highest BCUT2D eigenvalue weighted by atomic mass is 35.5. The molecule has 0 saturated heterocycles. The zero-order chi connectivity index (χ0) is 15.9. The van der Waals surface area contributed by atoms with Gasteiger partial charge >= 0.3 is 6.09 Å². The summed E-state index contributed by atoms with van der Waals surface area (Å²) < 4.78 is 20.5. The first-order valence-electron chi connectivity index (χ1n) is 6.53. The van der Waals surface area contributed by atoms with Gasteiger partial charge < -0.3 is 4.74 Å². The third-order valence-electron chi connectivity index (χ3n) is 2.75. The standard InChI is InChI=1S/C14H17ClFN3O2/c1-7(15)11-9(16)6-10-12(18-11)17-8(2)19(10)13(20)21-14(3,4)5/h6-7H,1-5H3. The molecule has 0 fully saturated rings. The highest BCUT2D eigenvalue weighted by molar-refractivity contribution is 6.20. The van der Waals surface area contributed by atoms with Gasteiger partial charge in [-0.3, -0.25) is 0 Å². The van der Waals surface area contributed by atoms with Gasteiger partial charge in [0.25, 0.3) is 0 Å². The van der Waals surface area contributed by atoms with Crippen molar-refractivity contribution in [3.63, 3.8) is 0 Å². The van der Waals surface area contributed by atoms with Crippen LogP contribution in [0.1, 0.15) is 44.6 Å². The Labute approximate surface area is 127 Å². The highest BCUT2D eigenvalue weighted by Gasteiger charge is 2.23. The van der Waals surface area contributed by atoms with E-state index >= 15 is 0 Å². The molecule has 2 heterocycles. The SMILES string of the molecule is Cc1nc2nc(C(C)Cl)c(F)cc2n1C(=O)OC(C)(C)C. The minimum absolute atomic E-state index is 0.109. The fraction of sp³-hybridized carbons (Fsp3) is 0.500. The van der Waals surface area contributed by atoms with Gasteiger partial charge in [0.05, 0.1) is 11.1 Å². The first kappa shape index (κ1) is 15.7. The Kier molecular flexibility index (Phi) is 3.93. The minimum Gasteiger partial charge on any atom is -0.443 e. The van der Waals surface area contributed by atoms with E-state index in [0.717, 1.165) is 0 Å². The number of rotatable bonds is 1. The van der Waals surface area contributed by atoms with Gasteiger partial charge in [-0.05, 0) is 34.6 Å². The number of nitrogens with zero attached hydrogens (tertiary/aromatic N) is 3. The second kappa shape index (κ2) is 5.26. The Morgan fingerprint density at radius 3 is 2.57 bits per heavy atom. The van der Waals surface area contributed by atoms with Gasteiger partial charge in [0.1, 0.15) is 22.8 Å². The van der Waals surface area contributed by atoms with Gasteiger partial charge in [0.15, 0.2) is 5.65 Å². The molecule has 0 aromatic carbocycles. The topological polar surface area (TPSA) is 57.0 Å². The van der Waals surface area contributed by atoms with Gasteiger partial charge in [-0.2, -0.15) is 0 Å². The van der Waals surface area contributed by atoms with Crippen molar-refractivity contribution >= 4 is 28.9 Å². The lowest BCUT2D eigenvalue weighted by Gasteiger charge is -2.20. The third-order valence-corrected chi connectivity index (χ3v) is 2.96. The summed E-state index contributed by atoms with van der Waals surface area (Å²) in [5.41, 5.74) is -0.0166. The van der Waals surface area contributed by atoms with E-state index in [-0.39, 0.29) is 16.9 Å². The van der Waals surface area contributed by atoms with E-state index in [2.05, 4.69) is 9.97 Å². The Balaban J connectivity index is 2.58. The summed E-state index contributed by atoms with van der Waals surface area (Å²) in [5.74, 6) is -0.194. The first-order chi connectivity index (χ1) is 9.60. The second-order valence-electron chi connectivity index (χ2n) is 5.79. The van der Waals surface area contributed by atoms with Crippen LogP contribution in [0.15, 0.2) is 6.07 Å². The fourth-order valence-electron chi connectivity index (χ4n) is 1.92. The van der Waals surface area contributed by atoms with Crippen LogP contribution in [0.5, 0.6) is 0 Å². The quantitative estimate of drug-likeness (QED) is 0.748. The number of aryl methyl sites for hydroxylation is 1. The summed E-state index contributed by atoms with van der Waals surface area (Å²) in [6, 6.07) is 1.21. The summed E-state index contributed by atoms with van der Waals surface area (Å²) in [7, 11) is 0. The molecule has 0 N–H and O–H groups in total. The average Bonchev–Trinajstić information content (AvgIpc) is 2.60. The van der Waals surface area contributed by atoms with Gasteiger partial charge in [-0.1, -0.05) is 0 Å². The van der Waals surface area contributed by atoms with Crippen molar-refractivity contribution < 1.29 is 13.9 Å². The van der Waals surface area contributed by atoms with Crippen LogP contribution < -0.4 is 0 Å². The molecule has 2 aromatic heterocycles. The fourth-order valence-corrected chi connectivity index (χ4v) is 2.08. The van der Waals surface area contributed by atoms with Crippen molar-refractivity contribution in [2.45, 2.75) is 45.6 Å². The maximum absolute atomic E-state index is 14.0. The Morgan fingerprint density at radius 2 is 2.05 bits per heavy atom. The molecule has 2 aromatic rings. The predicted molar refractivity (Wildman–Crippen MR) is 78.1 cm³/mol. The molecule has 114 valence electrons. The molecule has 2 rings (SSSR count). The van der Waals surface area contributed by atoms with Gasteiger partial charge in [-0.15, -0.1) is 11.6 Å². The van der Waals surface area contributed by atoms with E-state index in [0.29, 0.717) is 5.82 Å². The van der Waals surface area contributed by atoms with Gasteiger partial charge in [-0.25, -0.2) is 23.7 Å². The van der Waals surface area contributed by atoms with Crippen molar-refractivity contribution in [3.8, 4) is 0 Å². The molecule has 0 aliphatic carbocycles. The highest BCUT2D eigenvalue weighted by Crippen LogP contribution is 2.25. The molecule has 0 amide bonds. The van der Waals surface area contributed by atoms with Crippen molar-refractivity contribution in [3.05, 3.63) is 23.4 Å². The summed E-state index contributed by atoms with van der Waals surface area (Å²) in [4.78, 5) is 20.5. The van der Waals surface area contributed by atoms with Crippen LogP contribution in [0.25, 0.3) is 11.2 Å². The number of hydrogen-bond donors (Lipinski definition) is 0. The average molecular weight is 314 g/mol. The van der Waals surface area contributed by atoms with Crippen molar-refractivity contribution in [1.82, 2.24) is 14.5 Å². The normalized spacial score (nSPS) is 13.5. The van der Waals surface area contributed by atoms with Gasteiger partial charge in [0.2, 0.25) is 0 Å². The van der Waals surface area contributed by atoms with Crippen LogP contribution in [0.3, 0.4) is 0 Å². The molecule has 5 nitrogen and oxygen atoms in total. The van der Waals surface area contributed by atoms with Crippen LogP contribution in [0, 0.1) is 12.7 Å². The first-order valence-corrected chi connectivity index (χ1v) is 6.96. The van der Waals surface area contributed by atoms with E-state index in [1.54, 1.807) is 34.6 Å². The molecule has 21 heavy (non-hydrogen) atoms. The van der Waals surface area contributed by atoms with Crippen LogP contribution >= 0.6 is 11.6 Å². The number of aromatic nitrogens is 3. The summed E-state index contributed by atoms with van der Waals surface area (Å²) in [6.07, 6.45) is -0.615. The predicted octanol–water partition coefficient (Wildman–Crippen LogP) is 3.96. The number of imidazole rings is 1. The maximum atomic E-state index is 14.0. The lowest BCUT2D eigenvalue weighted by Crippen LogP contribution is -2.27.